The van der Waals surface area contributed by atoms with Crippen molar-refractivity contribution >= 4 is 6.08 Å². The van der Waals surface area contributed by atoms with Crippen LogP contribution >= 0.6 is 0 Å². The molecule has 2 aliphatic rings. The zero-order valence-electron chi connectivity index (χ0n) is 15.7. The highest BCUT2D eigenvalue weighted by molar-refractivity contribution is 5.48. The van der Waals surface area contributed by atoms with E-state index >= 15 is 0 Å². The number of hydrogen-bond donors (Lipinski definition) is 1. The molecule has 0 bridgehead atoms. The molecule has 4 rings (SSSR count). The van der Waals surface area contributed by atoms with Crippen molar-refractivity contribution in [3.8, 4) is 0 Å². The molecule has 2 aromatic rings. The molecule has 1 N–H and O–H groups in total. The lowest BCUT2D eigenvalue weighted by Crippen LogP contribution is -2.54. The quantitative estimate of drug-likeness (QED) is 0.804. The Bertz CT molecular complexity index is 773. The van der Waals surface area contributed by atoms with Crippen molar-refractivity contribution in [2.75, 3.05) is 13.1 Å². The van der Waals surface area contributed by atoms with Crippen molar-refractivity contribution in [1.82, 2.24) is 4.90 Å². The molecule has 1 aliphatic carbocycles. The molecule has 142 valence electrons. The van der Waals surface area contributed by atoms with E-state index in [4.69, 9.17) is 0 Å². The summed E-state index contributed by atoms with van der Waals surface area (Å²) in [6, 6.07) is 17.3. The summed E-state index contributed by atoms with van der Waals surface area (Å²) >= 11 is 0. The first-order valence-corrected chi connectivity index (χ1v) is 10.1. The molecular formula is C24H28FNO. The van der Waals surface area contributed by atoms with Gasteiger partial charge in [-0.1, -0.05) is 67.5 Å². The molecule has 2 aromatic carbocycles. The zero-order valence-corrected chi connectivity index (χ0v) is 15.7. The fraction of sp³-hybridized carbons (Fsp3) is 0.417. The average molecular weight is 365 g/mol. The van der Waals surface area contributed by atoms with Crippen LogP contribution in [0.25, 0.3) is 6.08 Å². The van der Waals surface area contributed by atoms with Gasteiger partial charge in [0, 0.05) is 25.0 Å². The van der Waals surface area contributed by atoms with E-state index in [1.54, 1.807) is 12.1 Å². The second kappa shape index (κ2) is 7.95. The summed E-state index contributed by atoms with van der Waals surface area (Å²) in [7, 11) is 0. The fourth-order valence-corrected chi connectivity index (χ4v) is 4.94. The Morgan fingerprint density at radius 3 is 2.59 bits per heavy atom. The molecule has 3 atom stereocenters. The number of aliphatic hydroxyl groups is 1. The van der Waals surface area contributed by atoms with Gasteiger partial charge in [-0.15, -0.1) is 0 Å². The maximum Gasteiger partial charge on any atom is 0.123 e. The summed E-state index contributed by atoms with van der Waals surface area (Å²) in [5.41, 5.74) is 1.74. The third-order valence-electron chi connectivity index (χ3n) is 6.33. The molecule has 3 heteroatoms. The van der Waals surface area contributed by atoms with Crippen LogP contribution in [0.4, 0.5) is 4.39 Å². The summed E-state index contributed by atoms with van der Waals surface area (Å²) in [6.07, 6.45) is 9.40. The molecule has 2 fully saturated rings. The van der Waals surface area contributed by atoms with Gasteiger partial charge in [-0.05, 0) is 42.5 Å². The van der Waals surface area contributed by atoms with Gasteiger partial charge in [-0.3, -0.25) is 4.90 Å². The minimum atomic E-state index is -0.572. The molecular weight excluding hydrogens is 337 g/mol. The highest BCUT2D eigenvalue weighted by Crippen LogP contribution is 2.49. The average Bonchev–Trinajstić information content (AvgIpc) is 2.69. The summed E-state index contributed by atoms with van der Waals surface area (Å²) in [5.74, 6) is 0.0135. The standard InChI is InChI=1S/C24H28FNO/c25-21-13-11-20(12-14-21)23-22-10-4-5-15-24(22,27)16-18-26(23)17-6-9-19-7-2-1-3-8-19/h1-3,6-9,11-14,22-23,27H,4-5,10,15-18H2/b9-6+/t22-,23+,24+/m1/s1. The minimum absolute atomic E-state index is 0.144. The van der Waals surface area contributed by atoms with Gasteiger partial charge >= 0.3 is 0 Å². The molecule has 1 aliphatic heterocycles. The maximum absolute atomic E-state index is 13.5. The highest BCUT2D eigenvalue weighted by Gasteiger charge is 2.48. The Morgan fingerprint density at radius 1 is 1.04 bits per heavy atom. The van der Waals surface area contributed by atoms with E-state index in [1.165, 1.54) is 12.0 Å². The topological polar surface area (TPSA) is 23.5 Å². The first-order valence-electron chi connectivity index (χ1n) is 10.1. The lowest BCUT2D eigenvalue weighted by atomic mass is 9.66. The predicted octanol–water partition coefficient (Wildman–Crippen LogP) is 5.21. The number of hydrogen-bond acceptors (Lipinski definition) is 2. The van der Waals surface area contributed by atoms with Crippen LogP contribution in [0.2, 0.25) is 0 Å². The summed E-state index contributed by atoms with van der Waals surface area (Å²) in [4.78, 5) is 2.46. The molecule has 2 nitrogen and oxygen atoms in total. The molecule has 0 radical (unpaired) electrons. The minimum Gasteiger partial charge on any atom is -0.389 e. The number of fused-ring (bicyclic) bond motifs is 1. The molecule has 1 saturated heterocycles. The Morgan fingerprint density at radius 2 is 1.81 bits per heavy atom. The van der Waals surface area contributed by atoms with Gasteiger partial charge in [-0.25, -0.2) is 4.39 Å². The summed E-state index contributed by atoms with van der Waals surface area (Å²) in [6.45, 7) is 1.71. The van der Waals surface area contributed by atoms with E-state index in [1.807, 2.05) is 30.3 Å². The van der Waals surface area contributed by atoms with Crippen LogP contribution in [0.3, 0.4) is 0 Å². The summed E-state index contributed by atoms with van der Waals surface area (Å²) < 4.78 is 13.5. The third-order valence-corrected chi connectivity index (χ3v) is 6.33. The van der Waals surface area contributed by atoms with Crippen LogP contribution in [0.5, 0.6) is 0 Å². The van der Waals surface area contributed by atoms with Gasteiger partial charge < -0.3 is 5.11 Å². The summed E-state index contributed by atoms with van der Waals surface area (Å²) in [5, 5.41) is 11.3. The van der Waals surface area contributed by atoms with Crippen LogP contribution < -0.4 is 0 Å². The van der Waals surface area contributed by atoms with Crippen molar-refractivity contribution in [3.05, 3.63) is 77.6 Å². The van der Waals surface area contributed by atoms with Crippen molar-refractivity contribution in [3.63, 3.8) is 0 Å². The van der Waals surface area contributed by atoms with Gasteiger partial charge in [0.05, 0.1) is 5.60 Å². The van der Waals surface area contributed by atoms with E-state index in [0.29, 0.717) is 0 Å². The maximum atomic E-state index is 13.5. The molecule has 0 unspecified atom stereocenters. The van der Waals surface area contributed by atoms with Crippen LogP contribution in [-0.2, 0) is 0 Å². The second-order valence-electron chi connectivity index (χ2n) is 8.01. The Balaban J connectivity index is 1.58. The first-order chi connectivity index (χ1) is 13.2. The van der Waals surface area contributed by atoms with Crippen molar-refractivity contribution in [1.29, 1.82) is 0 Å². The lowest BCUT2D eigenvalue weighted by molar-refractivity contribution is -0.122. The Labute approximate surface area is 161 Å². The number of piperidine rings is 1. The smallest absolute Gasteiger partial charge is 0.123 e. The number of rotatable bonds is 4. The van der Waals surface area contributed by atoms with Crippen molar-refractivity contribution in [2.24, 2.45) is 5.92 Å². The normalized spacial score (nSPS) is 29.0. The van der Waals surface area contributed by atoms with Gasteiger partial charge in [0.1, 0.15) is 5.82 Å². The van der Waals surface area contributed by atoms with Crippen LogP contribution in [0, 0.1) is 11.7 Å². The molecule has 1 saturated carbocycles. The largest absolute Gasteiger partial charge is 0.389 e. The van der Waals surface area contributed by atoms with Gasteiger partial charge in [0.15, 0.2) is 0 Å². The predicted molar refractivity (Wildman–Crippen MR) is 108 cm³/mol. The third kappa shape index (κ3) is 3.99. The van der Waals surface area contributed by atoms with E-state index in [-0.39, 0.29) is 17.8 Å². The molecule has 0 amide bonds. The highest BCUT2D eigenvalue weighted by atomic mass is 19.1. The number of halogens is 1. The Kier molecular flexibility index (Phi) is 5.42. The molecule has 27 heavy (non-hydrogen) atoms. The number of benzene rings is 2. The van der Waals surface area contributed by atoms with Crippen LogP contribution in [-0.4, -0.2) is 28.7 Å². The first kappa shape index (κ1) is 18.4. The number of likely N-dealkylation sites (tertiary alicyclic amines) is 1. The molecule has 1 heterocycles. The number of nitrogens with zero attached hydrogens (tertiary/aromatic N) is 1. The van der Waals surface area contributed by atoms with E-state index in [2.05, 4.69) is 29.2 Å². The monoisotopic (exact) mass is 365 g/mol. The van der Waals surface area contributed by atoms with Crippen molar-refractivity contribution in [2.45, 2.75) is 43.7 Å². The second-order valence-corrected chi connectivity index (χ2v) is 8.01. The van der Waals surface area contributed by atoms with Gasteiger partial charge in [0.25, 0.3) is 0 Å². The molecule has 0 spiro atoms. The Hall–Kier alpha value is -1.97. The SMILES string of the molecule is O[C@]12CCCC[C@@H]1[C@H](c1ccc(F)cc1)N(C/C=C/c1ccccc1)CC2. The fourth-order valence-electron chi connectivity index (χ4n) is 4.94. The van der Waals surface area contributed by atoms with Crippen molar-refractivity contribution < 1.29 is 9.50 Å². The van der Waals surface area contributed by atoms with E-state index in [0.717, 1.165) is 44.3 Å². The van der Waals surface area contributed by atoms with E-state index in [9.17, 15) is 9.50 Å². The van der Waals surface area contributed by atoms with Crippen LogP contribution in [0.1, 0.15) is 49.3 Å². The zero-order chi connectivity index (χ0) is 18.7. The van der Waals surface area contributed by atoms with E-state index < -0.39 is 5.60 Å². The van der Waals surface area contributed by atoms with Gasteiger partial charge in [0.2, 0.25) is 0 Å². The lowest BCUT2D eigenvalue weighted by Gasteiger charge is -2.52. The van der Waals surface area contributed by atoms with Gasteiger partial charge in [-0.2, -0.15) is 0 Å². The van der Waals surface area contributed by atoms with Crippen LogP contribution in [0.15, 0.2) is 60.7 Å². The molecule has 0 aromatic heterocycles.